The fourth-order valence-electron chi connectivity index (χ4n) is 1.98. The molecule has 4 nitrogen and oxygen atoms in total. The second-order valence-corrected chi connectivity index (χ2v) is 4.62. The third-order valence-electron chi connectivity index (χ3n) is 3.03. The molecule has 1 heterocycles. The number of aromatic nitrogens is 1. The number of rotatable bonds is 5. The van der Waals surface area contributed by atoms with Gasteiger partial charge in [-0.05, 0) is 30.7 Å². The zero-order valence-corrected chi connectivity index (χ0v) is 11.7. The van der Waals surface area contributed by atoms with Crippen LogP contribution in [0.15, 0.2) is 42.7 Å². The molecule has 104 valence electrons. The Morgan fingerprint density at radius 1 is 1.25 bits per heavy atom. The van der Waals surface area contributed by atoms with Gasteiger partial charge in [0.2, 0.25) is 5.91 Å². The normalized spacial score (nSPS) is 10.1. The van der Waals surface area contributed by atoms with E-state index in [0.29, 0.717) is 13.0 Å². The van der Waals surface area contributed by atoms with Crippen LogP contribution >= 0.6 is 0 Å². The minimum absolute atomic E-state index is 0.0225. The Balaban J connectivity index is 1.96. The Bertz CT molecular complexity index is 582. The summed E-state index contributed by atoms with van der Waals surface area (Å²) < 4.78 is 5.28. The standard InChI is InChI=1S/C16H18N2O2/c1-12-3-4-15(20-2)14(9-12)10-16(19)18-11-13-5-7-17-8-6-13/h3-9H,10-11H2,1-2H3,(H,18,19). The minimum Gasteiger partial charge on any atom is -0.496 e. The SMILES string of the molecule is COc1ccc(C)cc1CC(=O)NCc1ccncc1. The van der Waals surface area contributed by atoms with Gasteiger partial charge in [-0.15, -0.1) is 0 Å². The molecule has 1 amide bonds. The van der Waals surface area contributed by atoms with Crippen molar-refractivity contribution in [3.05, 3.63) is 59.4 Å². The van der Waals surface area contributed by atoms with Crippen LogP contribution in [0.4, 0.5) is 0 Å². The fraction of sp³-hybridized carbons (Fsp3) is 0.250. The summed E-state index contributed by atoms with van der Waals surface area (Å²) in [6, 6.07) is 9.60. The topological polar surface area (TPSA) is 51.2 Å². The number of aryl methyl sites for hydroxylation is 1. The van der Waals surface area contributed by atoms with E-state index in [-0.39, 0.29) is 5.91 Å². The van der Waals surface area contributed by atoms with E-state index in [9.17, 15) is 4.79 Å². The summed E-state index contributed by atoms with van der Waals surface area (Å²) in [5.41, 5.74) is 3.05. The maximum Gasteiger partial charge on any atom is 0.224 e. The highest BCUT2D eigenvalue weighted by Gasteiger charge is 2.08. The van der Waals surface area contributed by atoms with Crippen molar-refractivity contribution in [3.8, 4) is 5.75 Å². The molecule has 0 unspecified atom stereocenters. The smallest absolute Gasteiger partial charge is 0.224 e. The number of hydrogen-bond donors (Lipinski definition) is 1. The molecule has 1 N–H and O–H groups in total. The predicted molar refractivity (Wildman–Crippen MR) is 77.5 cm³/mol. The van der Waals surface area contributed by atoms with Crippen LogP contribution in [0.3, 0.4) is 0 Å². The first-order valence-corrected chi connectivity index (χ1v) is 6.48. The van der Waals surface area contributed by atoms with E-state index < -0.39 is 0 Å². The maximum atomic E-state index is 12.0. The van der Waals surface area contributed by atoms with Crippen LogP contribution in [0.25, 0.3) is 0 Å². The molecule has 1 aromatic carbocycles. The molecule has 0 saturated carbocycles. The molecule has 4 heteroatoms. The van der Waals surface area contributed by atoms with Crippen LogP contribution in [-0.2, 0) is 17.8 Å². The Morgan fingerprint density at radius 2 is 2.00 bits per heavy atom. The van der Waals surface area contributed by atoms with E-state index >= 15 is 0 Å². The lowest BCUT2D eigenvalue weighted by atomic mass is 10.1. The molecular formula is C16H18N2O2. The average molecular weight is 270 g/mol. The quantitative estimate of drug-likeness (QED) is 0.906. The van der Waals surface area contributed by atoms with Crippen LogP contribution in [-0.4, -0.2) is 18.0 Å². The highest BCUT2D eigenvalue weighted by Crippen LogP contribution is 2.20. The van der Waals surface area contributed by atoms with Gasteiger partial charge in [-0.25, -0.2) is 0 Å². The minimum atomic E-state index is -0.0225. The predicted octanol–water partition coefficient (Wildman–Crippen LogP) is 2.26. The number of ether oxygens (including phenoxy) is 1. The molecule has 20 heavy (non-hydrogen) atoms. The van der Waals surface area contributed by atoms with Gasteiger partial charge in [0.15, 0.2) is 0 Å². The lowest BCUT2D eigenvalue weighted by molar-refractivity contribution is -0.120. The highest BCUT2D eigenvalue weighted by molar-refractivity contribution is 5.79. The summed E-state index contributed by atoms with van der Waals surface area (Å²) in [6.07, 6.45) is 3.74. The molecular weight excluding hydrogens is 252 g/mol. The van der Waals surface area contributed by atoms with Gasteiger partial charge in [-0.3, -0.25) is 9.78 Å². The third kappa shape index (κ3) is 3.82. The number of amides is 1. The Morgan fingerprint density at radius 3 is 2.70 bits per heavy atom. The van der Waals surface area contributed by atoms with Gasteiger partial charge < -0.3 is 10.1 Å². The first-order chi connectivity index (χ1) is 9.69. The van der Waals surface area contributed by atoms with Crippen molar-refractivity contribution in [2.75, 3.05) is 7.11 Å². The molecule has 0 spiro atoms. The number of benzene rings is 1. The zero-order valence-electron chi connectivity index (χ0n) is 11.7. The molecule has 0 aliphatic rings. The van der Waals surface area contributed by atoms with Crippen LogP contribution in [0, 0.1) is 6.92 Å². The first kappa shape index (κ1) is 14.1. The molecule has 2 rings (SSSR count). The van der Waals surface area contributed by atoms with Gasteiger partial charge >= 0.3 is 0 Å². The van der Waals surface area contributed by atoms with Crippen molar-refractivity contribution in [1.82, 2.24) is 10.3 Å². The third-order valence-corrected chi connectivity index (χ3v) is 3.03. The molecule has 1 aromatic heterocycles. The average Bonchev–Trinajstić information content (AvgIpc) is 2.46. The molecule has 0 bridgehead atoms. The number of carbonyl (C=O) groups is 1. The van der Waals surface area contributed by atoms with E-state index in [4.69, 9.17) is 4.74 Å². The van der Waals surface area contributed by atoms with E-state index in [2.05, 4.69) is 10.3 Å². The van der Waals surface area contributed by atoms with Crippen LogP contribution < -0.4 is 10.1 Å². The van der Waals surface area contributed by atoms with Crippen molar-refractivity contribution >= 4 is 5.91 Å². The summed E-state index contributed by atoms with van der Waals surface area (Å²) in [5.74, 6) is 0.723. The number of nitrogens with one attached hydrogen (secondary N) is 1. The van der Waals surface area contributed by atoms with Crippen LogP contribution in [0.5, 0.6) is 5.75 Å². The second kappa shape index (κ2) is 6.70. The van der Waals surface area contributed by atoms with Crippen molar-refractivity contribution in [2.24, 2.45) is 0 Å². The van der Waals surface area contributed by atoms with Gasteiger partial charge in [0.05, 0.1) is 13.5 Å². The van der Waals surface area contributed by atoms with Gasteiger partial charge in [0, 0.05) is 24.5 Å². The summed E-state index contributed by atoms with van der Waals surface area (Å²) >= 11 is 0. The molecule has 0 aliphatic heterocycles. The van der Waals surface area contributed by atoms with Crippen LogP contribution in [0.1, 0.15) is 16.7 Å². The summed E-state index contributed by atoms with van der Waals surface area (Å²) in [4.78, 5) is 15.9. The number of carbonyl (C=O) groups excluding carboxylic acids is 1. The van der Waals surface area contributed by atoms with Gasteiger partial charge in [0.1, 0.15) is 5.75 Å². The van der Waals surface area contributed by atoms with Crippen molar-refractivity contribution < 1.29 is 9.53 Å². The number of methoxy groups -OCH3 is 1. The number of hydrogen-bond acceptors (Lipinski definition) is 3. The second-order valence-electron chi connectivity index (χ2n) is 4.62. The van der Waals surface area contributed by atoms with E-state index in [1.54, 1.807) is 19.5 Å². The number of nitrogens with zero attached hydrogens (tertiary/aromatic N) is 1. The summed E-state index contributed by atoms with van der Waals surface area (Å²) in [7, 11) is 1.61. The largest absolute Gasteiger partial charge is 0.496 e. The molecule has 0 atom stereocenters. The molecule has 2 aromatic rings. The molecule has 0 saturated heterocycles. The van der Waals surface area contributed by atoms with Gasteiger partial charge in [-0.2, -0.15) is 0 Å². The number of pyridine rings is 1. The highest BCUT2D eigenvalue weighted by atomic mass is 16.5. The van der Waals surface area contributed by atoms with Crippen molar-refractivity contribution in [1.29, 1.82) is 0 Å². The monoisotopic (exact) mass is 270 g/mol. The summed E-state index contributed by atoms with van der Waals surface area (Å²) in [6.45, 7) is 2.51. The Hall–Kier alpha value is -2.36. The summed E-state index contributed by atoms with van der Waals surface area (Å²) in [5, 5.41) is 2.90. The van der Waals surface area contributed by atoms with E-state index in [0.717, 1.165) is 22.4 Å². The molecule has 0 fully saturated rings. The maximum absolute atomic E-state index is 12.0. The zero-order chi connectivity index (χ0) is 14.4. The van der Waals surface area contributed by atoms with E-state index in [1.807, 2.05) is 37.3 Å². The first-order valence-electron chi connectivity index (χ1n) is 6.48. The molecule has 0 radical (unpaired) electrons. The van der Waals surface area contributed by atoms with Gasteiger partial charge in [0.25, 0.3) is 0 Å². The van der Waals surface area contributed by atoms with Crippen molar-refractivity contribution in [2.45, 2.75) is 19.9 Å². The lowest BCUT2D eigenvalue weighted by Crippen LogP contribution is -2.24. The van der Waals surface area contributed by atoms with Crippen molar-refractivity contribution in [3.63, 3.8) is 0 Å². The lowest BCUT2D eigenvalue weighted by Gasteiger charge is -2.10. The fourth-order valence-corrected chi connectivity index (χ4v) is 1.98. The Labute approximate surface area is 118 Å². The van der Waals surface area contributed by atoms with E-state index in [1.165, 1.54) is 0 Å². The Kier molecular flexibility index (Phi) is 4.71. The van der Waals surface area contributed by atoms with Crippen LogP contribution in [0.2, 0.25) is 0 Å². The van der Waals surface area contributed by atoms with Gasteiger partial charge in [-0.1, -0.05) is 17.7 Å². The molecule has 0 aliphatic carbocycles.